The molecule has 0 radical (unpaired) electrons. The summed E-state index contributed by atoms with van der Waals surface area (Å²) in [5.41, 5.74) is 0. The van der Waals surface area contributed by atoms with E-state index in [1.54, 1.807) is 13.8 Å². The van der Waals surface area contributed by atoms with Crippen molar-refractivity contribution in [1.29, 1.82) is 0 Å². The highest BCUT2D eigenvalue weighted by Crippen LogP contribution is 1.95. The molecule has 2 amide bonds. The summed E-state index contributed by atoms with van der Waals surface area (Å²) in [4.78, 5) is 22.3. The van der Waals surface area contributed by atoms with Gasteiger partial charge in [-0.3, -0.25) is 0 Å². The van der Waals surface area contributed by atoms with Crippen molar-refractivity contribution in [1.82, 2.24) is 10.6 Å². The second-order valence-corrected chi connectivity index (χ2v) is 3.31. The van der Waals surface area contributed by atoms with E-state index in [1.807, 2.05) is 0 Å². The van der Waals surface area contributed by atoms with Gasteiger partial charge in [0, 0.05) is 0 Å². The predicted octanol–water partition coefficient (Wildman–Crippen LogP) is -0.800. The van der Waals surface area contributed by atoms with E-state index in [4.69, 9.17) is 10.2 Å². The molecule has 0 aliphatic rings. The van der Waals surface area contributed by atoms with Crippen LogP contribution in [-0.4, -0.2) is 60.9 Å². The largest absolute Gasteiger partial charge is 0.450 e. The molecule has 0 aromatic heterocycles. The molecule has 2 atom stereocenters. The Labute approximate surface area is 105 Å². The number of rotatable bonds is 7. The number of aliphatic hydroxyl groups excluding tert-OH is 2. The first kappa shape index (κ1) is 16.5. The van der Waals surface area contributed by atoms with Crippen LogP contribution in [0.4, 0.5) is 9.59 Å². The van der Waals surface area contributed by atoms with E-state index >= 15 is 0 Å². The summed E-state index contributed by atoms with van der Waals surface area (Å²) in [6, 6.07) is -1.73. The van der Waals surface area contributed by atoms with Crippen LogP contribution in [0.3, 0.4) is 0 Å². The minimum absolute atomic E-state index is 0.180. The number of hydrogen-bond donors (Lipinski definition) is 4. The van der Waals surface area contributed by atoms with E-state index < -0.39 is 37.5 Å². The van der Waals surface area contributed by atoms with Crippen LogP contribution in [0.25, 0.3) is 0 Å². The van der Waals surface area contributed by atoms with Crippen molar-refractivity contribution in [2.24, 2.45) is 0 Å². The van der Waals surface area contributed by atoms with Gasteiger partial charge in [0.1, 0.15) is 0 Å². The smallest absolute Gasteiger partial charge is 0.407 e. The highest BCUT2D eigenvalue weighted by atomic mass is 16.6. The quantitative estimate of drug-likeness (QED) is 0.478. The number of ether oxygens (including phenoxy) is 2. The van der Waals surface area contributed by atoms with Gasteiger partial charge in [-0.05, 0) is 13.8 Å². The number of alkyl carbamates (subject to hydrolysis) is 2. The lowest BCUT2D eigenvalue weighted by Gasteiger charge is -2.25. The molecule has 0 saturated carbocycles. The Morgan fingerprint density at radius 1 is 0.944 bits per heavy atom. The maximum atomic E-state index is 11.2. The van der Waals surface area contributed by atoms with Crippen molar-refractivity contribution in [3.8, 4) is 0 Å². The van der Waals surface area contributed by atoms with E-state index in [-0.39, 0.29) is 13.2 Å². The Kier molecular flexibility index (Phi) is 8.67. The van der Waals surface area contributed by atoms with Crippen molar-refractivity contribution in [2.75, 3.05) is 26.4 Å². The fourth-order valence-corrected chi connectivity index (χ4v) is 1.20. The first-order valence-electron chi connectivity index (χ1n) is 5.67. The summed E-state index contributed by atoms with van der Waals surface area (Å²) in [5.74, 6) is 0. The van der Waals surface area contributed by atoms with Gasteiger partial charge in [-0.1, -0.05) is 0 Å². The van der Waals surface area contributed by atoms with Crippen molar-refractivity contribution in [3.63, 3.8) is 0 Å². The van der Waals surface area contributed by atoms with Gasteiger partial charge in [0.25, 0.3) is 0 Å². The maximum Gasteiger partial charge on any atom is 0.407 e. The molecule has 0 saturated heterocycles. The lowest BCUT2D eigenvalue weighted by Crippen LogP contribution is -2.55. The topological polar surface area (TPSA) is 117 Å². The van der Waals surface area contributed by atoms with Crippen LogP contribution >= 0.6 is 0 Å². The van der Waals surface area contributed by atoms with Crippen molar-refractivity contribution in [3.05, 3.63) is 0 Å². The van der Waals surface area contributed by atoms with Crippen LogP contribution in [0.15, 0.2) is 0 Å². The lowest BCUT2D eigenvalue weighted by atomic mass is 10.1. The zero-order valence-electron chi connectivity index (χ0n) is 10.5. The van der Waals surface area contributed by atoms with Gasteiger partial charge < -0.3 is 30.3 Å². The minimum Gasteiger partial charge on any atom is -0.450 e. The van der Waals surface area contributed by atoms with Crippen LogP contribution in [0.2, 0.25) is 0 Å². The van der Waals surface area contributed by atoms with Gasteiger partial charge in [-0.2, -0.15) is 0 Å². The van der Waals surface area contributed by atoms with Gasteiger partial charge in [0.2, 0.25) is 0 Å². The summed E-state index contributed by atoms with van der Waals surface area (Å²) in [6.07, 6.45) is -1.47. The van der Waals surface area contributed by atoms with Crippen LogP contribution in [0.1, 0.15) is 13.8 Å². The van der Waals surface area contributed by atoms with Crippen molar-refractivity contribution in [2.45, 2.75) is 25.9 Å². The number of hydrogen-bond acceptors (Lipinski definition) is 6. The predicted molar refractivity (Wildman–Crippen MR) is 62.1 cm³/mol. The van der Waals surface area contributed by atoms with Crippen LogP contribution < -0.4 is 10.6 Å². The van der Waals surface area contributed by atoms with E-state index in [1.165, 1.54) is 0 Å². The fourth-order valence-electron chi connectivity index (χ4n) is 1.20. The molecule has 0 heterocycles. The third-order valence-corrected chi connectivity index (χ3v) is 2.04. The first-order valence-corrected chi connectivity index (χ1v) is 5.67. The molecule has 0 aliphatic heterocycles. The Morgan fingerprint density at radius 3 is 1.50 bits per heavy atom. The summed E-state index contributed by atoms with van der Waals surface area (Å²) in [6.45, 7) is 2.70. The van der Waals surface area contributed by atoms with Crippen molar-refractivity contribution < 1.29 is 29.3 Å². The normalized spacial score (nSPS) is 13.3. The average Bonchev–Trinajstić information content (AvgIpc) is 2.34. The number of carbonyl (C=O) groups excluding carboxylic acids is 2. The number of nitrogens with one attached hydrogen (secondary N) is 2. The Morgan fingerprint density at radius 2 is 1.28 bits per heavy atom. The molecule has 0 bridgehead atoms. The minimum atomic E-state index is -0.863. The van der Waals surface area contributed by atoms with Gasteiger partial charge in [0.15, 0.2) is 0 Å². The molecular weight excluding hydrogens is 244 g/mol. The highest BCUT2D eigenvalue weighted by molar-refractivity contribution is 5.69. The summed E-state index contributed by atoms with van der Waals surface area (Å²) in [7, 11) is 0. The molecule has 0 aromatic rings. The molecule has 0 fully saturated rings. The SMILES string of the molecule is CCOC(=O)NC(CO)C(CO)NC(=O)OCC. The third-order valence-electron chi connectivity index (χ3n) is 2.04. The standard InChI is InChI=1S/C10H20N2O6/c1-3-17-9(15)11-7(5-13)8(6-14)12-10(16)18-4-2/h7-8,13-14H,3-6H2,1-2H3,(H,11,15)(H,12,16). The lowest BCUT2D eigenvalue weighted by molar-refractivity contribution is 0.111. The number of carbonyl (C=O) groups is 2. The zero-order chi connectivity index (χ0) is 14.0. The molecule has 8 heteroatoms. The molecule has 0 aliphatic carbocycles. The second-order valence-electron chi connectivity index (χ2n) is 3.31. The molecule has 0 rings (SSSR count). The van der Waals surface area contributed by atoms with Crippen LogP contribution in [0, 0.1) is 0 Å². The van der Waals surface area contributed by atoms with Gasteiger partial charge in [-0.15, -0.1) is 0 Å². The van der Waals surface area contributed by atoms with E-state index in [0.29, 0.717) is 0 Å². The molecule has 106 valence electrons. The van der Waals surface area contributed by atoms with E-state index in [9.17, 15) is 9.59 Å². The number of amides is 2. The van der Waals surface area contributed by atoms with Crippen molar-refractivity contribution >= 4 is 12.2 Å². The third kappa shape index (κ3) is 6.26. The fraction of sp³-hybridized carbons (Fsp3) is 0.800. The van der Waals surface area contributed by atoms with E-state index in [2.05, 4.69) is 20.1 Å². The Bertz CT molecular complexity index is 235. The van der Waals surface area contributed by atoms with E-state index in [0.717, 1.165) is 0 Å². The summed E-state index contributed by atoms with van der Waals surface area (Å²) in [5, 5.41) is 22.9. The number of aliphatic hydroxyl groups is 2. The molecule has 0 aromatic carbocycles. The monoisotopic (exact) mass is 264 g/mol. The first-order chi connectivity index (χ1) is 8.58. The van der Waals surface area contributed by atoms with Gasteiger partial charge >= 0.3 is 12.2 Å². The van der Waals surface area contributed by atoms with Gasteiger partial charge in [0.05, 0.1) is 38.5 Å². The van der Waals surface area contributed by atoms with Crippen LogP contribution in [-0.2, 0) is 9.47 Å². The average molecular weight is 264 g/mol. The Balaban J connectivity index is 4.37. The molecule has 18 heavy (non-hydrogen) atoms. The Hall–Kier alpha value is -1.54. The van der Waals surface area contributed by atoms with Crippen LogP contribution in [0.5, 0.6) is 0 Å². The maximum absolute atomic E-state index is 11.2. The molecule has 8 nitrogen and oxygen atoms in total. The van der Waals surface area contributed by atoms with Gasteiger partial charge in [-0.25, -0.2) is 9.59 Å². The molecule has 4 N–H and O–H groups in total. The summed E-state index contributed by atoms with van der Waals surface area (Å²) >= 11 is 0. The highest BCUT2D eigenvalue weighted by Gasteiger charge is 2.24. The zero-order valence-corrected chi connectivity index (χ0v) is 10.5. The molecule has 0 spiro atoms. The molecule has 2 unspecified atom stereocenters. The second kappa shape index (κ2) is 9.49. The molecular formula is C10H20N2O6. The summed E-state index contributed by atoms with van der Waals surface area (Å²) < 4.78 is 9.27.